The van der Waals surface area contributed by atoms with Crippen molar-refractivity contribution in [1.82, 2.24) is 4.90 Å². The van der Waals surface area contributed by atoms with Gasteiger partial charge in [0.2, 0.25) is 0 Å². The highest BCUT2D eigenvalue weighted by atomic mass is 32.2. The molecule has 14 heavy (non-hydrogen) atoms. The Balaban J connectivity index is 1.83. The van der Waals surface area contributed by atoms with Gasteiger partial charge in [-0.25, -0.2) is 0 Å². The van der Waals surface area contributed by atoms with E-state index in [0.717, 1.165) is 18.5 Å². The van der Waals surface area contributed by atoms with Crippen LogP contribution in [-0.4, -0.2) is 42.1 Å². The van der Waals surface area contributed by atoms with Gasteiger partial charge < -0.3 is 5.73 Å². The normalized spacial score (nSPS) is 35.8. The summed E-state index contributed by atoms with van der Waals surface area (Å²) in [6.07, 6.45) is 5.55. The monoisotopic (exact) mass is 214 g/mol. The highest BCUT2D eigenvalue weighted by Gasteiger charge is 2.26. The summed E-state index contributed by atoms with van der Waals surface area (Å²) in [4.78, 5) is 2.70. The Labute approximate surface area is 91.6 Å². The molecule has 0 aromatic rings. The Bertz CT molecular complexity index is 169. The Morgan fingerprint density at radius 1 is 1.29 bits per heavy atom. The Hall–Kier alpha value is 0.270. The van der Waals surface area contributed by atoms with E-state index in [4.69, 9.17) is 5.73 Å². The number of rotatable bonds is 2. The van der Waals surface area contributed by atoms with Gasteiger partial charge in [0.05, 0.1) is 0 Å². The lowest BCUT2D eigenvalue weighted by Crippen LogP contribution is -2.46. The van der Waals surface area contributed by atoms with Gasteiger partial charge in [0, 0.05) is 18.3 Å². The molecule has 0 aromatic heterocycles. The second-order valence-corrected chi connectivity index (χ2v) is 5.76. The van der Waals surface area contributed by atoms with Crippen LogP contribution in [0.5, 0.6) is 0 Å². The molecule has 2 fully saturated rings. The summed E-state index contributed by atoms with van der Waals surface area (Å²) in [7, 11) is 0. The molecule has 0 bridgehead atoms. The van der Waals surface area contributed by atoms with Gasteiger partial charge in [0.15, 0.2) is 0 Å². The summed E-state index contributed by atoms with van der Waals surface area (Å²) < 4.78 is 0. The Kier molecular flexibility index (Phi) is 4.14. The van der Waals surface area contributed by atoms with Crippen molar-refractivity contribution in [3.63, 3.8) is 0 Å². The van der Waals surface area contributed by atoms with Gasteiger partial charge in [-0.15, -0.1) is 0 Å². The number of nitrogens with zero attached hydrogens (tertiary/aromatic N) is 1. The van der Waals surface area contributed by atoms with Crippen molar-refractivity contribution >= 4 is 11.8 Å². The first-order valence-corrected chi connectivity index (χ1v) is 7.07. The zero-order valence-corrected chi connectivity index (χ0v) is 9.77. The minimum absolute atomic E-state index is 0.774. The summed E-state index contributed by atoms with van der Waals surface area (Å²) in [5.74, 6) is 3.51. The first-order valence-electron chi connectivity index (χ1n) is 5.92. The number of piperidine rings is 1. The smallest absolute Gasteiger partial charge is 0.0186 e. The standard InChI is InChI=1S/C11H22N2S/c12-7-10-3-1-5-13(8-10)11-4-2-6-14-9-11/h10-11H,1-9,12H2. The van der Waals surface area contributed by atoms with Crippen LogP contribution in [0.3, 0.4) is 0 Å². The zero-order valence-electron chi connectivity index (χ0n) is 8.95. The van der Waals surface area contributed by atoms with E-state index in [1.54, 1.807) is 0 Å². The molecule has 2 unspecified atom stereocenters. The van der Waals surface area contributed by atoms with Crippen LogP contribution in [0.4, 0.5) is 0 Å². The van der Waals surface area contributed by atoms with Gasteiger partial charge in [-0.3, -0.25) is 4.90 Å². The molecule has 0 aromatic carbocycles. The minimum atomic E-state index is 0.774. The minimum Gasteiger partial charge on any atom is -0.330 e. The van der Waals surface area contributed by atoms with E-state index >= 15 is 0 Å². The van der Waals surface area contributed by atoms with Crippen molar-refractivity contribution in [3.05, 3.63) is 0 Å². The predicted molar refractivity (Wildman–Crippen MR) is 63.7 cm³/mol. The maximum absolute atomic E-state index is 5.76. The van der Waals surface area contributed by atoms with Gasteiger partial charge in [-0.2, -0.15) is 11.8 Å². The lowest BCUT2D eigenvalue weighted by molar-refractivity contribution is 0.129. The van der Waals surface area contributed by atoms with Crippen LogP contribution in [0.2, 0.25) is 0 Å². The molecule has 2 aliphatic heterocycles. The number of likely N-dealkylation sites (tertiary alicyclic amines) is 1. The van der Waals surface area contributed by atoms with Crippen LogP contribution in [0.25, 0.3) is 0 Å². The first kappa shape index (κ1) is 10.8. The average Bonchev–Trinajstić information content (AvgIpc) is 2.30. The van der Waals surface area contributed by atoms with Gasteiger partial charge in [0.1, 0.15) is 0 Å². The van der Waals surface area contributed by atoms with Crippen molar-refractivity contribution in [2.24, 2.45) is 11.7 Å². The molecule has 0 saturated carbocycles. The van der Waals surface area contributed by atoms with E-state index < -0.39 is 0 Å². The highest BCUT2D eigenvalue weighted by Crippen LogP contribution is 2.25. The number of hydrogen-bond acceptors (Lipinski definition) is 3. The summed E-state index contributed by atoms with van der Waals surface area (Å²) in [6, 6.07) is 0.864. The maximum Gasteiger partial charge on any atom is 0.0186 e. The van der Waals surface area contributed by atoms with Crippen molar-refractivity contribution in [2.45, 2.75) is 31.7 Å². The van der Waals surface area contributed by atoms with Crippen molar-refractivity contribution in [3.8, 4) is 0 Å². The molecule has 2 atom stereocenters. The van der Waals surface area contributed by atoms with E-state index in [-0.39, 0.29) is 0 Å². The fourth-order valence-electron chi connectivity index (χ4n) is 2.63. The van der Waals surface area contributed by atoms with Gasteiger partial charge in [-0.05, 0) is 50.4 Å². The molecule has 2 N–H and O–H groups in total. The fraction of sp³-hybridized carbons (Fsp3) is 1.00. The molecular formula is C11H22N2S. The van der Waals surface area contributed by atoms with Crippen molar-refractivity contribution in [1.29, 1.82) is 0 Å². The van der Waals surface area contributed by atoms with E-state index in [1.807, 2.05) is 0 Å². The summed E-state index contributed by atoms with van der Waals surface area (Å²) in [5, 5.41) is 0. The number of hydrogen-bond donors (Lipinski definition) is 1. The molecule has 0 spiro atoms. The number of thioether (sulfide) groups is 1. The molecule has 0 amide bonds. The van der Waals surface area contributed by atoms with Crippen LogP contribution in [0.15, 0.2) is 0 Å². The van der Waals surface area contributed by atoms with Crippen molar-refractivity contribution in [2.75, 3.05) is 31.1 Å². The Morgan fingerprint density at radius 3 is 2.93 bits per heavy atom. The van der Waals surface area contributed by atoms with Gasteiger partial charge in [-0.1, -0.05) is 0 Å². The average molecular weight is 214 g/mol. The summed E-state index contributed by atoms with van der Waals surface area (Å²) >= 11 is 2.13. The van der Waals surface area contributed by atoms with Crippen molar-refractivity contribution < 1.29 is 0 Å². The topological polar surface area (TPSA) is 29.3 Å². The van der Waals surface area contributed by atoms with E-state index in [9.17, 15) is 0 Å². The molecule has 2 nitrogen and oxygen atoms in total. The summed E-state index contributed by atoms with van der Waals surface area (Å²) in [5.41, 5.74) is 5.76. The van der Waals surface area contributed by atoms with Crippen LogP contribution in [0, 0.1) is 5.92 Å². The van der Waals surface area contributed by atoms with Gasteiger partial charge in [0.25, 0.3) is 0 Å². The molecule has 82 valence electrons. The van der Waals surface area contributed by atoms with Crippen LogP contribution >= 0.6 is 11.8 Å². The summed E-state index contributed by atoms with van der Waals surface area (Å²) in [6.45, 7) is 3.47. The van der Waals surface area contributed by atoms with E-state index in [0.29, 0.717) is 0 Å². The maximum atomic E-state index is 5.76. The third kappa shape index (κ3) is 2.65. The third-order valence-corrected chi connectivity index (χ3v) is 4.73. The molecule has 2 aliphatic rings. The second kappa shape index (κ2) is 5.38. The fourth-order valence-corrected chi connectivity index (χ4v) is 3.82. The predicted octanol–water partition coefficient (Wildman–Crippen LogP) is 1.55. The van der Waals surface area contributed by atoms with Crippen LogP contribution < -0.4 is 5.73 Å². The van der Waals surface area contributed by atoms with Crippen LogP contribution in [0.1, 0.15) is 25.7 Å². The van der Waals surface area contributed by atoms with Crippen LogP contribution in [-0.2, 0) is 0 Å². The lowest BCUT2D eigenvalue weighted by Gasteiger charge is -2.39. The SMILES string of the molecule is NCC1CCCN(C2CCCSC2)C1. The van der Waals surface area contributed by atoms with E-state index in [1.165, 1.54) is 50.3 Å². The largest absolute Gasteiger partial charge is 0.330 e. The van der Waals surface area contributed by atoms with Gasteiger partial charge >= 0.3 is 0 Å². The number of nitrogens with two attached hydrogens (primary N) is 1. The molecule has 0 aliphatic carbocycles. The molecule has 2 heterocycles. The lowest BCUT2D eigenvalue weighted by atomic mass is 9.96. The molecule has 3 heteroatoms. The highest BCUT2D eigenvalue weighted by molar-refractivity contribution is 7.99. The Morgan fingerprint density at radius 2 is 2.21 bits per heavy atom. The molecular weight excluding hydrogens is 192 g/mol. The molecule has 2 saturated heterocycles. The second-order valence-electron chi connectivity index (χ2n) is 4.61. The quantitative estimate of drug-likeness (QED) is 0.756. The third-order valence-electron chi connectivity index (χ3n) is 3.54. The molecule has 2 rings (SSSR count). The van der Waals surface area contributed by atoms with E-state index in [2.05, 4.69) is 16.7 Å². The first-order chi connectivity index (χ1) is 6.90. The molecule has 0 radical (unpaired) electrons. The zero-order chi connectivity index (χ0) is 9.80.